The van der Waals surface area contributed by atoms with E-state index in [-0.39, 0.29) is 11.3 Å². The van der Waals surface area contributed by atoms with Crippen LogP contribution in [-0.4, -0.2) is 28.4 Å². The molecule has 0 spiro atoms. The molecule has 0 unspecified atom stereocenters. The molecule has 0 atom stereocenters. The monoisotopic (exact) mass is 394 g/mol. The van der Waals surface area contributed by atoms with Gasteiger partial charge in [0.05, 0.1) is 17.5 Å². The predicted octanol–water partition coefficient (Wildman–Crippen LogP) is 3.39. The first-order valence-corrected chi connectivity index (χ1v) is 9.89. The SMILES string of the molecule is CCN=c1scc(-c2ccc(O)c(C(N)=O)c2)n1/N=C\c1ccc(CC)cc1. The molecular weight excluding hydrogens is 372 g/mol. The quantitative estimate of drug-likeness (QED) is 0.627. The van der Waals surface area contributed by atoms with Crippen LogP contribution in [0.5, 0.6) is 5.75 Å². The number of primary amides is 1. The number of thiazole rings is 1. The van der Waals surface area contributed by atoms with Gasteiger partial charge in [0.25, 0.3) is 5.91 Å². The molecule has 7 heteroatoms. The van der Waals surface area contributed by atoms with Gasteiger partial charge >= 0.3 is 0 Å². The van der Waals surface area contributed by atoms with Crippen molar-refractivity contribution in [2.45, 2.75) is 20.3 Å². The van der Waals surface area contributed by atoms with E-state index in [0.717, 1.165) is 28.0 Å². The summed E-state index contributed by atoms with van der Waals surface area (Å²) in [6.45, 7) is 4.71. The van der Waals surface area contributed by atoms with E-state index in [4.69, 9.17) is 5.73 Å². The fraction of sp³-hybridized carbons (Fsp3) is 0.190. The number of rotatable bonds is 6. The summed E-state index contributed by atoms with van der Waals surface area (Å²) in [5, 5.41) is 16.4. The van der Waals surface area contributed by atoms with E-state index in [9.17, 15) is 9.90 Å². The number of nitrogens with two attached hydrogens (primary N) is 1. The Balaban J connectivity index is 2.06. The lowest BCUT2D eigenvalue weighted by molar-refractivity contribution is 0.0998. The molecule has 144 valence electrons. The summed E-state index contributed by atoms with van der Waals surface area (Å²) >= 11 is 1.46. The maximum atomic E-state index is 11.6. The van der Waals surface area contributed by atoms with Gasteiger partial charge in [-0.25, -0.2) is 4.68 Å². The Morgan fingerprint density at radius 1 is 1.21 bits per heavy atom. The maximum Gasteiger partial charge on any atom is 0.252 e. The van der Waals surface area contributed by atoms with Crippen molar-refractivity contribution in [3.05, 3.63) is 69.3 Å². The molecule has 0 aliphatic carbocycles. The van der Waals surface area contributed by atoms with Crippen LogP contribution in [0.15, 0.2) is 57.9 Å². The molecule has 1 aromatic heterocycles. The number of hydrogen-bond donors (Lipinski definition) is 2. The first-order valence-electron chi connectivity index (χ1n) is 9.01. The molecule has 0 radical (unpaired) electrons. The van der Waals surface area contributed by atoms with Gasteiger partial charge in [0.15, 0.2) is 0 Å². The van der Waals surface area contributed by atoms with E-state index in [1.165, 1.54) is 23.0 Å². The zero-order valence-electron chi connectivity index (χ0n) is 15.8. The Bertz CT molecular complexity index is 1080. The van der Waals surface area contributed by atoms with Gasteiger partial charge in [-0.05, 0) is 42.7 Å². The molecule has 6 nitrogen and oxygen atoms in total. The first kappa shape index (κ1) is 19.6. The van der Waals surface area contributed by atoms with Crippen LogP contribution in [0.3, 0.4) is 0 Å². The van der Waals surface area contributed by atoms with Crippen LogP contribution < -0.4 is 10.5 Å². The highest BCUT2D eigenvalue weighted by atomic mass is 32.1. The summed E-state index contributed by atoms with van der Waals surface area (Å²) in [4.78, 5) is 16.8. The second-order valence-electron chi connectivity index (χ2n) is 6.13. The number of amides is 1. The largest absolute Gasteiger partial charge is 0.507 e. The van der Waals surface area contributed by atoms with Crippen LogP contribution in [0.2, 0.25) is 0 Å². The lowest BCUT2D eigenvalue weighted by Crippen LogP contribution is -2.13. The Labute approximate surface area is 167 Å². The number of aryl methyl sites for hydroxylation is 1. The fourth-order valence-electron chi connectivity index (χ4n) is 2.71. The minimum Gasteiger partial charge on any atom is -0.507 e. The third-order valence-electron chi connectivity index (χ3n) is 4.25. The molecule has 1 heterocycles. The van der Waals surface area contributed by atoms with Crippen LogP contribution in [0.4, 0.5) is 0 Å². The Kier molecular flexibility index (Phi) is 6.06. The molecular formula is C21H22N4O2S. The summed E-state index contributed by atoms with van der Waals surface area (Å²) in [5.74, 6) is -0.824. The molecule has 28 heavy (non-hydrogen) atoms. The fourth-order valence-corrected chi connectivity index (χ4v) is 3.61. The summed E-state index contributed by atoms with van der Waals surface area (Å²) in [6, 6.07) is 13.0. The molecule has 0 saturated carbocycles. The molecule has 3 N–H and O–H groups in total. The van der Waals surface area contributed by atoms with Crippen molar-refractivity contribution in [3.8, 4) is 17.0 Å². The normalized spacial score (nSPS) is 12.0. The Morgan fingerprint density at radius 2 is 1.96 bits per heavy atom. The molecule has 0 bridgehead atoms. The van der Waals surface area contributed by atoms with Crippen LogP contribution in [0, 0.1) is 0 Å². The van der Waals surface area contributed by atoms with E-state index in [1.54, 1.807) is 23.0 Å². The second-order valence-corrected chi connectivity index (χ2v) is 6.96. The predicted molar refractivity (Wildman–Crippen MR) is 113 cm³/mol. The number of benzene rings is 2. The van der Waals surface area contributed by atoms with E-state index in [0.29, 0.717) is 6.54 Å². The first-order chi connectivity index (χ1) is 13.5. The van der Waals surface area contributed by atoms with Gasteiger partial charge in [0.1, 0.15) is 5.75 Å². The highest BCUT2D eigenvalue weighted by Crippen LogP contribution is 2.26. The summed E-state index contributed by atoms with van der Waals surface area (Å²) in [7, 11) is 0. The van der Waals surface area contributed by atoms with Crippen molar-refractivity contribution in [2.24, 2.45) is 15.8 Å². The van der Waals surface area contributed by atoms with Crippen molar-refractivity contribution in [2.75, 3.05) is 6.54 Å². The van der Waals surface area contributed by atoms with Crippen molar-refractivity contribution in [1.82, 2.24) is 4.68 Å². The van der Waals surface area contributed by atoms with Gasteiger partial charge in [-0.15, -0.1) is 11.3 Å². The minimum atomic E-state index is -0.681. The van der Waals surface area contributed by atoms with E-state index >= 15 is 0 Å². The molecule has 2 aromatic carbocycles. The summed E-state index contributed by atoms with van der Waals surface area (Å²) < 4.78 is 1.74. The molecule has 0 aliphatic heterocycles. The van der Waals surface area contributed by atoms with E-state index < -0.39 is 5.91 Å². The van der Waals surface area contributed by atoms with Gasteiger partial charge in [-0.1, -0.05) is 31.2 Å². The standard InChI is InChI=1S/C21H22N4O2S/c1-3-14-5-7-15(8-6-14)12-24-25-18(13-28-21(25)23-4-2)16-9-10-19(26)17(11-16)20(22)27/h5-13,26H,3-4H2,1-2H3,(H2,22,27)/b23-21?,24-12-. The summed E-state index contributed by atoms with van der Waals surface area (Å²) in [6.07, 6.45) is 2.77. The van der Waals surface area contributed by atoms with Crippen molar-refractivity contribution < 1.29 is 9.90 Å². The molecule has 0 aliphatic rings. The molecule has 3 rings (SSSR count). The van der Waals surface area contributed by atoms with Crippen molar-refractivity contribution in [3.63, 3.8) is 0 Å². The number of nitrogens with zero attached hydrogens (tertiary/aromatic N) is 3. The highest BCUT2D eigenvalue weighted by Gasteiger charge is 2.13. The van der Waals surface area contributed by atoms with Crippen molar-refractivity contribution >= 4 is 23.5 Å². The second kappa shape index (κ2) is 8.67. The number of carbonyl (C=O) groups is 1. The van der Waals surface area contributed by atoms with Crippen LogP contribution in [0.25, 0.3) is 11.3 Å². The van der Waals surface area contributed by atoms with Crippen LogP contribution in [-0.2, 0) is 6.42 Å². The lowest BCUT2D eigenvalue weighted by atomic mass is 10.1. The molecule has 0 saturated heterocycles. The minimum absolute atomic E-state index is 0.0726. The van der Waals surface area contributed by atoms with Crippen molar-refractivity contribution in [1.29, 1.82) is 0 Å². The van der Waals surface area contributed by atoms with E-state index in [2.05, 4.69) is 29.2 Å². The number of aromatic nitrogens is 1. The lowest BCUT2D eigenvalue weighted by Gasteiger charge is -2.06. The maximum absolute atomic E-state index is 11.6. The number of phenols is 1. The number of hydrogen-bond acceptors (Lipinski definition) is 5. The number of carbonyl (C=O) groups excluding carboxylic acids is 1. The average Bonchev–Trinajstić information content (AvgIpc) is 3.10. The number of aromatic hydroxyl groups is 1. The highest BCUT2D eigenvalue weighted by molar-refractivity contribution is 7.07. The summed E-state index contributed by atoms with van der Waals surface area (Å²) in [5.41, 5.74) is 9.17. The van der Waals surface area contributed by atoms with Gasteiger partial charge < -0.3 is 10.8 Å². The van der Waals surface area contributed by atoms with Gasteiger partial charge in [-0.3, -0.25) is 9.79 Å². The average molecular weight is 395 g/mol. The zero-order valence-corrected chi connectivity index (χ0v) is 16.6. The van der Waals surface area contributed by atoms with Crippen LogP contribution in [0.1, 0.15) is 35.3 Å². The topological polar surface area (TPSA) is 93.0 Å². The third kappa shape index (κ3) is 4.20. The van der Waals surface area contributed by atoms with Gasteiger partial charge in [0.2, 0.25) is 4.80 Å². The molecule has 3 aromatic rings. The van der Waals surface area contributed by atoms with Gasteiger partial charge in [0, 0.05) is 17.5 Å². The Hall–Kier alpha value is -3.19. The molecule has 0 fully saturated rings. The third-order valence-corrected chi connectivity index (χ3v) is 5.10. The molecule has 1 amide bonds. The van der Waals surface area contributed by atoms with Gasteiger partial charge in [-0.2, -0.15) is 5.10 Å². The van der Waals surface area contributed by atoms with E-state index in [1.807, 2.05) is 24.4 Å². The smallest absolute Gasteiger partial charge is 0.252 e. The Morgan fingerprint density at radius 3 is 2.61 bits per heavy atom. The zero-order chi connectivity index (χ0) is 20.1. The van der Waals surface area contributed by atoms with Crippen LogP contribution >= 0.6 is 11.3 Å².